The number of fused-ring (bicyclic) bond motifs is 1. The smallest absolute Gasteiger partial charge is 0.231 e. The molecule has 1 aromatic heterocycles. The number of likely N-dealkylation sites (tertiary alicyclic amines) is 1. The SMILES string of the molecule is N#CN1CC[C@H](C(=O)Nc2nc3c(s2)CN(Cc2ccccc2)CC3)C1. The summed E-state index contributed by atoms with van der Waals surface area (Å²) < 4.78 is 0. The number of aromatic nitrogens is 1. The van der Waals surface area contributed by atoms with Gasteiger partial charge in [-0.3, -0.25) is 9.69 Å². The van der Waals surface area contributed by atoms with Gasteiger partial charge >= 0.3 is 0 Å². The molecule has 1 atom stereocenters. The summed E-state index contributed by atoms with van der Waals surface area (Å²) in [6.07, 6.45) is 3.76. The van der Waals surface area contributed by atoms with Gasteiger partial charge in [0.05, 0.1) is 11.6 Å². The molecule has 134 valence electrons. The van der Waals surface area contributed by atoms with Crippen LogP contribution in [0.3, 0.4) is 0 Å². The van der Waals surface area contributed by atoms with E-state index in [0.29, 0.717) is 18.2 Å². The third-order valence-corrected chi connectivity index (χ3v) is 5.99. The van der Waals surface area contributed by atoms with Crippen LogP contribution in [0.5, 0.6) is 0 Å². The average molecular weight is 367 g/mol. The highest BCUT2D eigenvalue weighted by Crippen LogP contribution is 2.29. The van der Waals surface area contributed by atoms with Crippen molar-refractivity contribution in [1.82, 2.24) is 14.8 Å². The van der Waals surface area contributed by atoms with Gasteiger partial charge in [-0.05, 0) is 12.0 Å². The van der Waals surface area contributed by atoms with Gasteiger partial charge in [0.1, 0.15) is 0 Å². The highest BCUT2D eigenvalue weighted by Gasteiger charge is 2.29. The van der Waals surface area contributed by atoms with Crippen LogP contribution in [0.4, 0.5) is 5.13 Å². The molecular formula is C19H21N5OS. The number of hydrogen-bond donors (Lipinski definition) is 1. The lowest BCUT2D eigenvalue weighted by Crippen LogP contribution is -2.29. The van der Waals surface area contributed by atoms with E-state index in [1.54, 1.807) is 16.2 Å². The molecule has 1 N–H and O–H groups in total. The number of carbonyl (C=O) groups excluding carboxylic acids is 1. The lowest BCUT2D eigenvalue weighted by molar-refractivity contribution is -0.119. The second-order valence-corrected chi connectivity index (χ2v) is 7.94. The first kappa shape index (κ1) is 17.0. The molecule has 26 heavy (non-hydrogen) atoms. The Balaban J connectivity index is 1.37. The van der Waals surface area contributed by atoms with Crippen molar-refractivity contribution in [2.45, 2.75) is 25.9 Å². The van der Waals surface area contributed by atoms with Crippen molar-refractivity contribution in [3.05, 3.63) is 46.5 Å². The summed E-state index contributed by atoms with van der Waals surface area (Å²) in [5.41, 5.74) is 2.43. The number of hydrogen-bond acceptors (Lipinski definition) is 6. The fraction of sp³-hybridized carbons (Fsp3) is 0.421. The van der Waals surface area contributed by atoms with Crippen LogP contribution in [-0.4, -0.2) is 40.3 Å². The molecule has 7 heteroatoms. The number of nitriles is 1. The Morgan fingerprint density at radius 1 is 1.35 bits per heavy atom. The average Bonchev–Trinajstić information content (AvgIpc) is 3.28. The van der Waals surface area contributed by atoms with Crippen LogP contribution in [0.25, 0.3) is 0 Å². The molecule has 0 spiro atoms. The normalized spacial score (nSPS) is 19.8. The Hall–Kier alpha value is -2.43. The summed E-state index contributed by atoms with van der Waals surface area (Å²) in [4.78, 5) is 22.3. The monoisotopic (exact) mass is 367 g/mol. The van der Waals surface area contributed by atoms with Crippen molar-refractivity contribution in [2.24, 2.45) is 5.92 Å². The minimum absolute atomic E-state index is 0.0185. The number of nitrogens with zero attached hydrogens (tertiary/aromatic N) is 4. The Labute approximate surface area is 157 Å². The summed E-state index contributed by atoms with van der Waals surface area (Å²) in [5.74, 6) is -0.139. The molecule has 0 aliphatic carbocycles. The predicted octanol–water partition coefficient (Wildman–Crippen LogP) is 2.44. The fourth-order valence-electron chi connectivity index (χ4n) is 3.55. The molecule has 2 aromatic rings. The fourth-order valence-corrected chi connectivity index (χ4v) is 4.60. The predicted molar refractivity (Wildman–Crippen MR) is 100 cm³/mol. The number of nitrogens with one attached hydrogen (secondary N) is 1. The lowest BCUT2D eigenvalue weighted by atomic mass is 10.1. The van der Waals surface area contributed by atoms with E-state index in [4.69, 9.17) is 5.26 Å². The molecule has 0 unspecified atom stereocenters. The van der Waals surface area contributed by atoms with Gasteiger partial charge in [0.2, 0.25) is 5.91 Å². The lowest BCUT2D eigenvalue weighted by Gasteiger charge is -2.25. The van der Waals surface area contributed by atoms with Gasteiger partial charge in [0.15, 0.2) is 11.3 Å². The largest absolute Gasteiger partial charge is 0.310 e. The van der Waals surface area contributed by atoms with Crippen LogP contribution < -0.4 is 5.32 Å². The molecule has 4 rings (SSSR count). The van der Waals surface area contributed by atoms with Crippen LogP contribution >= 0.6 is 11.3 Å². The summed E-state index contributed by atoms with van der Waals surface area (Å²) >= 11 is 1.58. The van der Waals surface area contributed by atoms with Crippen molar-refractivity contribution in [1.29, 1.82) is 5.26 Å². The molecule has 1 aromatic carbocycles. The van der Waals surface area contributed by atoms with Gasteiger partial charge in [-0.25, -0.2) is 4.98 Å². The van der Waals surface area contributed by atoms with Crippen molar-refractivity contribution in [2.75, 3.05) is 25.0 Å². The topological polar surface area (TPSA) is 72.3 Å². The zero-order chi connectivity index (χ0) is 17.9. The molecule has 2 aliphatic heterocycles. The highest BCUT2D eigenvalue weighted by atomic mass is 32.1. The van der Waals surface area contributed by atoms with Crippen molar-refractivity contribution >= 4 is 22.4 Å². The highest BCUT2D eigenvalue weighted by molar-refractivity contribution is 7.15. The molecule has 1 saturated heterocycles. The summed E-state index contributed by atoms with van der Waals surface area (Å²) in [6.45, 7) is 3.98. The standard InChI is InChI=1S/C19H21N5OS/c20-13-24-8-6-15(11-24)18(25)22-19-21-16-7-9-23(12-17(16)26-19)10-14-4-2-1-3-5-14/h1-5,15H,6-12H2,(H,21,22,25)/t15-/m0/s1. The van der Waals surface area contributed by atoms with Crippen molar-refractivity contribution < 1.29 is 4.79 Å². The Bertz CT molecular complexity index is 828. The third kappa shape index (κ3) is 3.71. The Morgan fingerprint density at radius 2 is 2.19 bits per heavy atom. The van der Waals surface area contributed by atoms with Crippen molar-refractivity contribution in [3.8, 4) is 6.19 Å². The van der Waals surface area contributed by atoms with E-state index in [2.05, 4.69) is 45.7 Å². The number of carbonyl (C=O) groups is 1. The maximum absolute atomic E-state index is 12.4. The van der Waals surface area contributed by atoms with Gasteiger partial charge in [-0.2, -0.15) is 5.26 Å². The maximum Gasteiger partial charge on any atom is 0.231 e. The zero-order valence-electron chi connectivity index (χ0n) is 14.5. The first-order valence-corrected chi connectivity index (χ1v) is 9.73. The van der Waals surface area contributed by atoms with Crippen LogP contribution in [0.1, 0.15) is 22.6 Å². The summed E-state index contributed by atoms with van der Waals surface area (Å²) in [5, 5.41) is 12.6. The van der Waals surface area contributed by atoms with Crippen molar-refractivity contribution in [3.63, 3.8) is 0 Å². The summed E-state index contributed by atoms with van der Waals surface area (Å²) in [6, 6.07) is 10.5. The van der Waals surface area contributed by atoms with E-state index >= 15 is 0 Å². The van der Waals surface area contributed by atoms with E-state index in [-0.39, 0.29) is 11.8 Å². The molecule has 1 fully saturated rings. The number of anilines is 1. The van der Waals surface area contributed by atoms with E-state index in [9.17, 15) is 4.79 Å². The minimum atomic E-state index is -0.120. The number of benzene rings is 1. The van der Waals surface area contributed by atoms with Gasteiger partial charge in [-0.1, -0.05) is 30.3 Å². The second kappa shape index (κ2) is 7.44. The van der Waals surface area contributed by atoms with Crippen LogP contribution in [0.2, 0.25) is 0 Å². The molecular weight excluding hydrogens is 346 g/mol. The summed E-state index contributed by atoms with van der Waals surface area (Å²) in [7, 11) is 0. The molecule has 0 bridgehead atoms. The maximum atomic E-state index is 12.4. The first-order chi connectivity index (χ1) is 12.7. The van der Waals surface area contributed by atoms with Gasteiger partial charge in [0, 0.05) is 44.0 Å². The third-order valence-electron chi connectivity index (χ3n) is 4.99. The number of rotatable bonds is 4. The van der Waals surface area contributed by atoms with Crippen LogP contribution in [-0.2, 0) is 24.3 Å². The molecule has 2 aliphatic rings. The molecule has 3 heterocycles. The van der Waals surface area contributed by atoms with E-state index < -0.39 is 0 Å². The van der Waals surface area contributed by atoms with Gasteiger partial charge in [-0.15, -0.1) is 11.3 Å². The number of amides is 1. The second-order valence-electron chi connectivity index (χ2n) is 6.86. The van der Waals surface area contributed by atoms with E-state index in [1.807, 2.05) is 6.07 Å². The first-order valence-electron chi connectivity index (χ1n) is 8.91. The Kier molecular flexibility index (Phi) is 4.87. The molecule has 0 radical (unpaired) electrons. The quantitative estimate of drug-likeness (QED) is 0.841. The molecule has 1 amide bonds. The minimum Gasteiger partial charge on any atom is -0.310 e. The van der Waals surface area contributed by atoms with Crippen LogP contribution in [0.15, 0.2) is 30.3 Å². The Morgan fingerprint density at radius 3 is 2.96 bits per heavy atom. The zero-order valence-corrected chi connectivity index (χ0v) is 15.3. The molecule has 6 nitrogen and oxygen atoms in total. The van der Waals surface area contributed by atoms with Gasteiger partial charge < -0.3 is 10.2 Å². The molecule has 0 saturated carbocycles. The number of thiazole rings is 1. The van der Waals surface area contributed by atoms with E-state index in [1.165, 1.54) is 10.4 Å². The van der Waals surface area contributed by atoms with Gasteiger partial charge in [0.25, 0.3) is 0 Å². The van der Waals surface area contributed by atoms with E-state index in [0.717, 1.165) is 38.2 Å². The van der Waals surface area contributed by atoms with Crippen LogP contribution in [0, 0.1) is 17.4 Å².